The molecule has 18 heavy (non-hydrogen) atoms. The van der Waals surface area contributed by atoms with Gasteiger partial charge in [-0.1, -0.05) is 25.4 Å². The van der Waals surface area contributed by atoms with Crippen molar-refractivity contribution in [3.05, 3.63) is 34.6 Å². The molecule has 0 atom stereocenters. The van der Waals surface area contributed by atoms with Gasteiger partial charge in [-0.2, -0.15) is 5.10 Å². The highest BCUT2D eigenvalue weighted by molar-refractivity contribution is 6.31. The molecule has 0 bridgehead atoms. The average molecular weight is 285 g/mol. The lowest BCUT2D eigenvalue weighted by Crippen LogP contribution is -2.07. The van der Waals surface area contributed by atoms with Crippen LogP contribution in [0.15, 0.2) is 12.4 Å². The van der Waals surface area contributed by atoms with Crippen molar-refractivity contribution in [3.8, 4) is 5.69 Å². The zero-order chi connectivity index (χ0) is 13.3. The van der Waals surface area contributed by atoms with Gasteiger partial charge in [0.1, 0.15) is 11.5 Å². The molecule has 0 aliphatic heterocycles. The molecule has 4 nitrogen and oxygen atoms in total. The van der Waals surface area contributed by atoms with Crippen LogP contribution in [0.2, 0.25) is 5.02 Å². The molecule has 6 heteroatoms. The third kappa shape index (κ3) is 2.49. The van der Waals surface area contributed by atoms with Gasteiger partial charge in [0.2, 0.25) is 0 Å². The first kappa shape index (κ1) is 13.3. The zero-order valence-corrected chi connectivity index (χ0v) is 12.0. The van der Waals surface area contributed by atoms with E-state index in [0.717, 1.165) is 22.9 Å². The van der Waals surface area contributed by atoms with Gasteiger partial charge in [0.25, 0.3) is 0 Å². The number of hydrogen-bond acceptors (Lipinski definition) is 3. The van der Waals surface area contributed by atoms with Crippen molar-refractivity contribution in [1.29, 1.82) is 0 Å². The van der Waals surface area contributed by atoms with Gasteiger partial charge >= 0.3 is 0 Å². The highest BCUT2D eigenvalue weighted by Gasteiger charge is 2.12. The Morgan fingerprint density at radius 3 is 2.61 bits per heavy atom. The largest absolute Gasteiger partial charge is 0.239 e. The van der Waals surface area contributed by atoms with E-state index in [2.05, 4.69) is 15.1 Å². The van der Waals surface area contributed by atoms with Crippen LogP contribution in [-0.2, 0) is 5.88 Å². The van der Waals surface area contributed by atoms with E-state index in [1.165, 1.54) is 0 Å². The Bertz CT molecular complexity index is 544. The Labute approximate surface area is 116 Å². The lowest BCUT2D eigenvalue weighted by atomic mass is 10.2. The van der Waals surface area contributed by atoms with Crippen LogP contribution in [0.4, 0.5) is 0 Å². The average Bonchev–Trinajstić information content (AvgIpc) is 2.68. The maximum absolute atomic E-state index is 6.00. The fourth-order valence-electron chi connectivity index (χ4n) is 1.56. The molecule has 0 aliphatic carbocycles. The summed E-state index contributed by atoms with van der Waals surface area (Å²) in [5.74, 6) is 1.36. The third-order valence-corrected chi connectivity index (χ3v) is 3.22. The predicted molar refractivity (Wildman–Crippen MR) is 72.5 cm³/mol. The fraction of sp³-hybridized carbons (Fsp3) is 0.417. The molecule has 0 radical (unpaired) electrons. The summed E-state index contributed by atoms with van der Waals surface area (Å²) in [5.41, 5.74) is 2.30. The Morgan fingerprint density at radius 2 is 2.11 bits per heavy atom. The monoisotopic (exact) mass is 284 g/mol. The quantitative estimate of drug-likeness (QED) is 0.811. The Morgan fingerprint density at radius 1 is 1.39 bits per heavy atom. The Kier molecular flexibility index (Phi) is 3.88. The number of nitrogens with zero attached hydrogens (tertiary/aromatic N) is 4. The van der Waals surface area contributed by atoms with Crippen molar-refractivity contribution >= 4 is 23.2 Å². The van der Waals surface area contributed by atoms with E-state index in [9.17, 15) is 0 Å². The number of hydrogen-bond donors (Lipinski definition) is 0. The molecule has 0 N–H and O–H groups in total. The summed E-state index contributed by atoms with van der Waals surface area (Å²) in [6, 6.07) is 0. The molecule has 0 fully saturated rings. The van der Waals surface area contributed by atoms with Crippen LogP contribution in [0.1, 0.15) is 37.0 Å². The summed E-state index contributed by atoms with van der Waals surface area (Å²) in [6.07, 6.45) is 3.48. The van der Waals surface area contributed by atoms with E-state index in [-0.39, 0.29) is 5.92 Å². The minimum atomic E-state index is 0.268. The Balaban J connectivity index is 2.50. The van der Waals surface area contributed by atoms with E-state index in [1.807, 2.05) is 20.8 Å². The minimum absolute atomic E-state index is 0.268. The SMILES string of the molecule is Cc1nn(-c2cnc(C(C)C)nc2CCl)cc1Cl. The van der Waals surface area contributed by atoms with Gasteiger partial charge in [-0.15, -0.1) is 11.6 Å². The van der Waals surface area contributed by atoms with Gasteiger partial charge in [0, 0.05) is 12.1 Å². The maximum Gasteiger partial charge on any atom is 0.131 e. The number of aryl methyl sites for hydroxylation is 1. The predicted octanol–water partition coefficient (Wildman–Crippen LogP) is 3.49. The molecule has 0 unspecified atom stereocenters. The highest BCUT2D eigenvalue weighted by Crippen LogP contribution is 2.20. The van der Waals surface area contributed by atoms with Crippen LogP contribution in [0.3, 0.4) is 0 Å². The zero-order valence-electron chi connectivity index (χ0n) is 10.5. The second-order valence-corrected chi connectivity index (χ2v) is 5.03. The molecular weight excluding hydrogens is 271 g/mol. The lowest BCUT2D eigenvalue weighted by molar-refractivity contribution is 0.747. The van der Waals surface area contributed by atoms with Crippen LogP contribution in [-0.4, -0.2) is 19.7 Å². The summed E-state index contributed by atoms with van der Waals surface area (Å²) in [5, 5.41) is 4.92. The van der Waals surface area contributed by atoms with Crippen molar-refractivity contribution in [1.82, 2.24) is 19.7 Å². The molecule has 2 aromatic rings. The van der Waals surface area contributed by atoms with Gasteiger partial charge in [-0.05, 0) is 6.92 Å². The second-order valence-electron chi connectivity index (χ2n) is 4.36. The molecule has 0 saturated carbocycles. The molecule has 2 heterocycles. The first-order chi connectivity index (χ1) is 8.52. The molecule has 2 aromatic heterocycles. The van der Waals surface area contributed by atoms with Crippen LogP contribution in [0, 0.1) is 6.92 Å². The van der Waals surface area contributed by atoms with E-state index in [0.29, 0.717) is 10.9 Å². The lowest BCUT2D eigenvalue weighted by Gasteiger charge is -2.09. The molecule has 0 aromatic carbocycles. The van der Waals surface area contributed by atoms with Crippen molar-refractivity contribution in [3.63, 3.8) is 0 Å². The van der Waals surface area contributed by atoms with Gasteiger partial charge < -0.3 is 0 Å². The molecule has 0 aliphatic rings. The van der Waals surface area contributed by atoms with Gasteiger partial charge in [-0.25, -0.2) is 14.6 Å². The number of aromatic nitrogens is 4. The normalized spacial score (nSPS) is 11.2. The number of alkyl halides is 1. The van der Waals surface area contributed by atoms with E-state index in [1.54, 1.807) is 17.1 Å². The first-order valence-corrected chi connectivity index (χ1v) is 6.58. The summed E-state index contributed by atoms with van der Waals surface area (Å²) in [7, 11) is 0. The summed E-state index contributed by atoms with van der Waals surface area (Å²) < 4.78 is 1.67. The number of halogens is 2. The van der Waals surface area contributed by atoms with Gasteiger partial charge in [0.05, 0.1) is 28.5 Å². The van der Waals surface area contributed by atoms with Crippen LogP contribution >= 0.6 is 23.2 Å². The standard InChI is InChI=1S/C12H14Cl2N4/c1-7(2)12-15-5-11(10(4-13)16-12)18-6-9(14)8(3)17-18/h5-7H,4H2,1-3H3. The van der Waals surface area contributed by atoms with Crippen molar-refractivity contribution in [2.75, 3.05) is 0 Å². The molecule has 96 valence electrons. The van der Waals surface area contributed by atoms with Crippen LogP contribution in [0.5, 0.6) is 0 Å². The Hall–Kier alpha value is -1.13. The topological polar surface area (TPSA) is 43.6 Å². The molecule has 2 rings (SSSR count). The molecule has 0 amide bonds. The van der Waals surface area contributed by atoms with Gasteiger partial charge in [-0.3, -0.25) is 0 Å². The van der Waals surface area contributed by atoms with Crippen molar-refractivity contribution in [2.24, 2.45) is 0 Å². The van der Waals surface area contributed by atoms with E-state index >= 15 is 0 Å². The minimum Gasteiger partial charge on any atom is -0.239 e. The summed E-state index contributed by atoms with van der Waals surface area (Å²) in [6.45, 7) is 5.94. The second kappa shape index (κ2) is 5.24. The third-order valence-electron chi connectivity index (χ3n) is 2.59. The van der Waals surface area contributed by atoms with E-state index in [4.69, 9.17) is 23.2 Å². The first-order valence-electron chi connectivity index (χ1n) is 5.66. The summed E-state index contributed by atoms with van der Waals surface area (Å²) in [4.78, 5) is 8.79. The molecule has 0 saturated heterocycles. The highest BCUT2D eigenvalue weighted by atomic mass is 35.5. The maximum atomic E-state index is 6.00. The van der Waals surface area contributed by atoms with E-state index < -0.39 is 0 Å². The molecule has 0 spiro atoms. The van der Waals surface area contributed by atoms with Crippen LogP contribution < -0.4 is 0 Å². The molecular formula is C12H14Cl2N4. The fourth-order valence-corrected chi connectivity index (χ4v) is 1.88. The van der Waals surface area contributed by atoms with Crippen LogP contribution in [0.25, 0.3) is 5.69 Å². The van der Waals surface area contributed by atoms with Gasteiger partial charge in [0.15, 0.2) is 0 Å². The van der Waals surface area contributed by atoms with Crippen molar-refractivity contribution in [2.45, 2.75) is 32.6 Å². The smallest absolute Gasteiger partial charge is 0.131 e. The van der Waals surface area contributed by atoms with Crippen molar-refractivity contribution < 1.29 is 0 Å². The summed E-state index contributed by atoms with van der Waals surface area (Å²) >= 11 is 11.9. The number of rotatable bonds is 3.